The highest BCUT2D eigenvalue weighted by molar-refractivity contribution is 7.99. The van der Waals surface area contributed by atoms with E-state index in [1.807, 2.05) is 18.7 Å². The van der Waals surface area contributed by atoms with Crippen LogP contribution in [0.15, 0.2) is 0 Å². The van der Waals surface area contributed by atoms with Gasteiger partial charge < -0.3 is 10.5 Å². The molecule has 0 radical (unpaired) electrons. The monoisotopic (exact) mass is 275 g/mol. The fourth-order valence-corrected chi connectivity index (χ4v) is 4.69. The first-order valence-corrected chi connectivity index (χ1v) is 8.40. The SMILES string of the molecule is CCCC(F)(CN)C1CCOC2(CCSCC2)C1. The number of halogens is 1. The molecule has 0 aromatic rings. The van der Waals surface area contributed by atoms with E-state index in [1.54, 1.807) is 0 Å². The van der Waals surface area contributed by atoms with Crippen molar-refractivity contribution in [3.05, 3.63) is 0 Å². The van der Waals surface area contributed by atoms with Gasteiger partial charge in [-0.25, -0.2) is 4.39 Å². The van der Waals surface area contributed by atoms with Crippen LogP contribution in [0.5, 0.6) is 0 Å². The molecule has 4 heteroatoms. The van der Waals surface area contributed by atoms with Crippen molar-refractivity contribution in [2.45, 2.75) is 56.7 Å². The second-order valence-corrected chi connectivity index (χ2v) is 7.05. The van der Waals surface area contributed by atoms with Crippen LogP contribution in [0.4, 0.5) is 4.39 Å². The van der Waals surface area contributed by atoms with Crippen molar-refractivity contribution in [1.29, 1.82) is 0 Å². The van der Waals surface area contributed by atoms with Gasteiger partial charge >= 0.3 is 0 Å². The van der Waals surface area contributed by atoms with E-state index in [2.05, 4.69) is 0 Å². The van der Waals surface area contributed by atoms with E-state index in [1.165, 1.54) is 0 Å². The van der Waals surface area contributed by atoms with Crippen LogP contribution in [-0.2, 0) is 4.74 Å². The summed E-state index contributed by atoms with van der Waals surface area (Å²) in [5.74, 6) is 2.41. The summed E-state index contributed by atoms with van der Waals surface area (Å²) < 4.78 is 21.0. The lowest BCUT2D eigenvalue weighted by atomic mass is 9.73. The van der Waals surface area contributed by atoms with Gasteiger partial charge in [-0.1, -0.05) is 13.3 Å². The summed E-state index contributed by atoms with van der Waals surface area (Å²) in [4.78, 5) is 0. The minimum atomic E-state index is -1.17. The lowest BCUT2D eigenvalue weighted by Gasteiger charge is -2.47. The zero-order valence-corrected chi connectivity index (χ0v) is 12.2. The van der Waals surface area contributed by atoms with Gasteiger partial charge in [0.1, 0.15) is 5.67 Å². The molecule has 2 heterocycles. The van der Waals surface area contributed by atoms with Crippen molar-refractivity contribution in [1.82, 2.24) is 0 Å². The maximum absolute atomic E-state index is 15.0. The summed E-state index contributed by atoms with van der Waals surface area (Å²) in [7, 11) is 0. The fraction of sp³-hybridized carbons (Fsp3) is 1.00. The average Bonchev–Trinajstić information content (AvgIpc) is 2.40. The maximum Gasteiger partial charge on any atom is 0.126 e. The van der Waals surface area contributed by atoms with Crippen molar-refractivity contribution in [2.75, 3.05) is 24.7 Å². The first kappa shape index (κ1) is 14.6. The van der Waals surface area contributed by atoms with Crippen molar-refractivity contribution >= 4 is 11.8 Å². The molecule has 2 atom stereocenters. The molecule has 2 rings (SSSR count). The van der Waals surface area contributed by atoms with E-state index < -0.39 is 5.67 Å². The standard InChI is InChI=1S/C14H26FNOS/c1-2-4-14(15,11-16)12-3-7-17-13(10-12)5-8-18-9-6-13/h12H,2-11,16H2,1H3. The summed E-state index contributed by atoms with van der Waals surface area (Å²) in [5.41, 5.74) is 4.52. The van der Waals surface area contributed by atoms with Crippen LogP contribution in [0.25, 0.3) is 0 Å². The zero-order valence-electron chi connectivity index (χ0n) is 11.4. The van der Waals surface area contributed by atoms with Crippen molar-refractivity contribution in [3.63, 3.8) is 0 Å². The number of alkyl halides is 1. The van der Waals surface area contributed by atoms with Crippen LogP contribution in [0.1, 0.15) is 45.4 Å². The molecule has 2 saturated heterocycles. The van der Waals surface area contributed by atoms with E-state index in [9.17, 15) is 4.39 Å². The molecule has 0 aromatic heterocycles. The molecule has 106 valence electrons. The molecule has 2 nitrogen and oxygen atoms in total. The van der Waals surface area contributed by atoms with Gasteiger partial charge in [-0.15, -0.1) is 0 Å². The maximum atomic E-state index is 15.0. The van der Waals surface area contributed by atoms with Gasteiger partial charge in [0, 0.05) is 13.2 Å². The van der Waals surface area contributed by atoms with Crippen LogP contribution in [0.2, 0.25) is 0 Å². The molecular weight excluding hydrogens is 249 g/mol. The number of ether oxygens (including phenoxy) is 1. The minimum Gasteiger partial charge on any atom is -0.375 e. The Kier molecular flexibility index (Phi) is 4.95. The molecule has 1 spiro atoms. The van der Waals surface area contributed by atoms with E-state index in [-0.39, 0.29) is 18.1 Å². The zero-order chi connectivity index (χ0) is 13.1. The summed E-state index contributed by atoms with van der Waals surface area (Å²) in [6, 6.07) is 0. The highest BCUT2D eigenvalue weighted by atomic mass is 32.2. The van der Waals surface area contributed by atoms with Crippen molar-refractivity contribution in [3.8, 4) is 0 Å². The quantitative estimate of drug-likeness (QED) is 0.856. The Morgan fingerprint density at radius 3 is 2.78 bits per heavy atom. The van der Waals surface area contributed by atoms with Gasteiger partial charge in [-0.05, 0) is 49.5 Å². The fourth-order valence-electron chi connectivity index (χ4n) is 3.45. The molecule has 2 aliphatic heterocycles. The highest BCUT2D eigenvalue weighted by Crippen LogP contribution is 2.45. The minimum absolute atomic E-state index is 0.0333. The van der Waals surface area contributed by atoms with Gasteiger partial charge in [0.15, 0.2) is 0 Å². The first-order chi connectivity index (χ1) is 8.64. The van der Waals surface area contributed by atoms with E-state index in [0.29, 0.717) is 13.0 Å². The predicted octanol–water partition coefficient (Wildman–Crippen LogP) is 3.15. The Balaban J connectivity index is 2.04. The predicted molar refractivity (Wildman–Crippen MR) is 75.8 cm³/mol. The third kappa shape index (κ3) is 3.02. The molecule has 18 heavy (non-hydrogen) atoms. The molecule has 2 fully saturated rings. The molecule has 0 aromatic carbocycles. The normalized spacial score (nSPS) is 31.2. The Bertz CT molecular complexity index is 265. The first-order valence-electron chi connectivity index (χ1n) is 7.25. The molecular formula is C14H26FNOS. The molecule has 0 aliphatic carbocycles. The molecule has 2 N–H and O–H groups in total. The molecule has 2 aliphatic rings. The number of hydrogen-bond acceptors (Lipinski definition) is 3. The molecule has 2 unspecified atom stereocenters. The smallest absolute Gasteiger partial charge is 0.126 e. The summed E-state index contributed by atoms with van der Waals surface area (Å²) in [6.07, 6.45) is 5.35. The molecule has 0 bridgehead atoms. The molecule has 0 amide bonds. The second kappa shape index (κ2) is 6.10. The topological polar surface area (TPSA) is 35.2 Å². The number of nitrogens with two attached hydrogens (primary N) is 1. The third-order valence-electron chi connectivity index (χ3n) is 4.63. The molecule has 0 saturated carbocycles. The van der Waals surface area contributed by atoms with Crippen molar-refractivity contribution < 1.29 is 9.13 Å². The summed E-state index contributed by atoms with van der Waals surface area (Å²) in [5, 5.41) is 0. The Hall–Kier alpha value is 0.200. The average molecular weight is 275 g/mol. The third-order valence-corrected chi connectivity index (χ3v) is 5.62. The van der Waals surface area contributed by atoms with E-state index >= 15 is 0 Å². The van der Waals surface area contributed by atoms with Gasteiger partial charge in [-0.3, -0.25) is 0 Å². The summed E-state index contributed by atoms with van der Waals surface area (Å²) >= 11 is 1.99. The second-order valence-electron chi connectivity index (χ2n) is 5.82. The van der Waals surface area contributed by atoms with Crippen LogP contribution in [-0.4, -0.2) is 35.9 Å². The van der Waals surface area contributed by atoms with Gasteiger partial charge in [-0.2, -0.15) is 11.8 Å². The lowest BCUT2D eigenvalue weighted by molar-refractivity contribution is -0.128. The Morgan fingerprint density at radius 2 is 2.17 bits per heavy atom. The number of rotatable bonds is 4. The summed E-state index contributed by atoms with van der Waals surface area (Å²) in [6.45, 7) is 2.91. The van der Waals surface area contributed by atoms with Gasteiger partial charge in [0.25, 0.3) is 0 Å². The highest BCUT2D eigenvalue weighted by Gasteiger charge is 2.46. The van der Waals surface area contributed by atoms with Crippen LogP contribution >= 0.6 is 11.8 Å². The Labute approximate surface area is 114 Å². The Morgan fingerprint density at radius 1 is 1.44 bits per heavy atom. The number of hydrogen-bond donors (Lipinski definition) is 1. The van der Waals surface area contributed by atoms with Crippen molar-refractivity contribution in [2.24, 2.45) is 11.7 Å². The van der Waals surface area contributed by atoms with E-state index in [4.69, 9.17) is 10.5 Å². The van der Waals surface area contributed by atoms with Crippen LogP contribution in [0.3, 0.4) is 0 Å². The van der Waals surface area contributed by atoms with E-state index in [0.717, 1.165) is 43.6 Å². The van der Waals surface area contributed by atoms with Crippen LogP contribution in [0, 0.1) is 5.92 Å². The largest absolute Gasteiger partial charge is 0.375 e. The number of thioether (sulfide) groups is 1. The lowest BCUT2D eigenvalue weighted by Crippen LogP contribution is -2.50. The van der Waals surface area contributed by atoms with Crippen LogP contribution < -0.4 is 5.73 Å². The van der Waals surface area contributed by atoms with Gasteiger partial charge in [0.05, 0.1) is 5.60 Å². The van der Waals surface area contributed by atoms with Gasteiger partial charge in [0.2, 0.25) is 0 Å².